The molecule has 4 nitrogen and oxygen atoms in total. The Bertz CT molecular complexity index is 367. The summed E-state index contributed by atoms with van der Waals surface area (Å²) in [6.45, 7) is 6.78. The number of aromatic nitrogens is 2. The Morgan fingerprint density at radius 2 is 2.06 bits per heavy atom. The molecule has 2 aliphatic rings. The van der Waals surface area contributed by atoms with Crippen LogP contribution in [0.15, 0.2) is 12.4 Å². The third kappa shape index (κ3) is 1.67. The molecule has 0 saturated carbocycles. The first kappa shape index (κ1) is 10.0. The van der Waals surface area contributed by atoms with Crippen molar-refractivity contribution in [1.29, 1.82) is 0 Å². The van der Waals surface area contributed by atoms with E-state index >= 15 is 0 Å². The summed E-state index contributed by atoms with van der Waals surface area (Å²) in [5, 5.41) is 3.46. The molecule has 3 rings (SSSR count). The van der Waals surface area contributed by atoms with Gasteiger partial charge in [0, 0.05) is 37.9 Å². The molecule has 0 unspecified atom stereocenters. The number of nitrogens with zero attached hydrogens (tertiary/aromatic N) is 3. The van der Waals surface area contributed by atoms with E-state index in [1.807, 2.05) is 0 Å². The molecular formula is C12H18N4. The number of anilines is 1. The fourth-order valence-electron chi connectivity index (χ4n) is 2.79. The van der Waals surface area contributed by atoms with Crippen LogP contribution in [0.25, 0.3) is 0 Å². The Labute approximate surface area is 96.1 Å². The molecule has 2 saturated heterocycles. The van der Waals surface area contributed by atoms with Gasteiger partial charge in [-0.25, -0.2) is 9.97 Å². The molecule has 0 amide bonds. The highest BCUT2D eigenvalue weighted by molar-refractivity contribution is 5.41. The van der Waals surface area contributed by atoms with Crippen molar-refractivity contribution >= 4 is 5.82 Å². The smallest absolute Gasteiger partial charge is 0.132 e. The Morgan fingerprint density at radius 1 is 1.31 bits per heavy atom. The largest absolute Gasteiger partial charge is 0.356 e. The van der Waals surface area contributed by atoms with E-state index < -0.39 is 0 Å². The van der Waals surface area contributed by atoms with Crippen molar-refractivity contribution in [3.63, 3.8) is 0 Å². The van der Waals surface area contributed by atoms with Crippen molar-refractivity contribution < 1.29 is 0 Å². The zero-order valence-corrected chi connectivity index (χ0v) is 9.69. The first-order valence-corrected chi connectivity index (χ1v) is 6.13. The summed E-state index contributed by atoms with van der Waals surface area (Å²) < 4.78 is 0. The van der Waals surface area contributed by atoms with E-state index in [4.69, 9.17) is 0 Å². The highest BCUT2D eigenvalue weighted by atomic mass is 15.2. The lowest BCUT2D eigenvalue weighted by molar-refractivity contribution is 0.533. The standard InChI is InChI=1S/C12H18N4/c1-2-11-3-12(15-8-14-11)16-6-9-4-13-5-10(9)7-16/h3,8-10,13H,2,4-7H2,1H3/t9-,10+. The van der Waals surface area contributed by atoms with Crippen LogP contribution in [0, 0.1) is 11.8 Å². The van der Waals surface area contributed by atoms with E-state index in [2.05, 4.69) is 33.2 Å². The maximum Gasteiger partial charge on any atom is 0.132 e. The third-order valence-electron chi connectivity index (χ3n) is 3.79. The number of hydrogen-bond donors (Lipinski definition) is 1. The van der Waals surface area contributed by atoms with Crippen molar-refractivity contribution in [3.05, 3.63) is 18.1 Å². The van der Waals surface area contributed by atoms with Gasteiger partial charge in [-0.3, -0.25) is 0 Å². The predicted molar refractivity (Wildman–Crippen MR) is 63.5 cm³/mol. The van der Waals surface area contributed by atoms with E-state index in [1.54, 1.807) is 6.33 Å². The van der Waals surface area contributed by atoms with Crippen LogP contribution in [0.2, 0.25) is 0 Å². The van der Waals surface area contributed by atoms with E-state index in [-0.39, 0.29) is 0 Å². The summed E-state index contributed by atoms with van der Waals surface area (Å²) in [5.41, 5.74) is 1.14. The SMILES string of the molecule is CCc1cc(N2C[C@H]3CNC[C@H]3C2)ncn1. The number of fused-ring (bicyclic) bond motifs is 1. The van der Waals surface area contributed by atoms with E-state index in [9.17, 15) is 0 Å². The number of rotatable bonds is 2. The minimum atomic E-state index is 0.819. The number of aryl methyl sites for hydroxylation is 1. The monoisotopic (exact) mass is 218 g/mol. The summed E-state index contributed by atoms with van der Waals surface area (Å²) in [4.78, 5) is 11.1. The highest BCUT2D eigenvalue weighted by Gasteiger charge is 2.36. The minimum absolute atomic E-state index is 0.819. The van der Waals surface area contributed by atoms with Crippen molar-refractivity contribution in [1.82, 2.24) is 15.3 Å². The van der Waals surface area contributed by atoms with Gasteiger partial charge in [0.2, 0.25) is 0 Å². The lowest BCUT2D eigenvalue weighted by Gasteiger charge is -2.18. The van der Waals surface area contributed by atoms with Gasteiger partial charge < -0.3 is 10.2 Å². The molecule has 0 spiro atoms. The second-order valence-corrected chi connectivity index (χ2v) is 4.80. The molecule has 0 aromatic carbocycles. The van der Waals surface area contributed by atoms with Crippen molar-refractivity contribution in [2.24, 2.45) is 11.8 Å². The quantitative estimate of drug-likeness (QED) is 0.793. The van der Waals surface area contributed by atoms with E-state index in [1.165, 1.54) is 13.1 Å². The third-order valence-corrected chi connectivity index (χ3v) is 3.79. The van der Waals surface area contributed by atoms with Crippen LogP contribution in [0.1, 0.15) is 12.6 Å². The van der Waals surface area contributed by atoms with Crippen LogP contribution < -0.4 is 10.2 Å². The first-order chi connectivity index (χ1) is 7.86. The Kier molecular flexibility index (Phi) is 2.52. The van der Waals surface area contributed by atoms with Gasteiger partial charge in [0.05, 0.1) is 0 Å². The molecule has 2 atom stereocenters. The summed E-state index contributed by atoms with van der Waals surface area (Å²) in [5.74, 6) is 2.75. The normalized spacial score (nSPS) is 28.4. The Balaban J connectivity index is 1.78. The average Bonchev–Trinajstić information content (AvgIpc) is 2.89. The topological polar surface area (TPSA) is 41.0 Å². The highest BCUT2D eigenvalue weighted by Crippen LogP contribution is 2.29. The van der Waals surface area contributed by atoms with Gasteiger partial charge in [-0.05, 0) is 18.3 Å². The molecule has 1 aromatic rings. The molecule has 2 aliphatic heterocycles. The van der Waals surface area contributed by atoms with Crippen molar-refractivity contribution in [2.75, 3.05) is 31.1 Å². The zero-order valence-electron chi connectivity index (χ0n) is 9.69. The minimum Gasteiger partial charge on any atom is -0.356 e. The van der Waals surface area contributed by atoms with Crippen LogP contribution in [-0.4, -0.2) is 36.1 Å². The maximum atomic E-state index is 4.39. The second kappa shape index (κ2) is 4.01. The summed E-state index contributed by atoms with van der Waals surface area (Å²) in [7, 11) is 0. The van der Waals surface area contributed by atoms with Crippen molar-refractivity contribution in [2.45, 2.75) is 13.3 Å². The van der Waals surface area contributed by atoms with Gasteiger partial charge in [-0.1, -0.05) is 6.92 Å². The van der Waals surface area contributed by atoms with Crippen LogP contribution in [0.3, 0.4) is 0 Å². The van der Waals surface area contributed by atoms with Gasteiger partial charge in [-0.15, -0.1) is 0 Å². The maximum absolute atomic E-state index is 4.39. The average molecular weight is 218 g/mol. The molecule has 2 fully saturated rings. The molecule has 4 heteroatoms. The molecule has 0 bridgehead atoms. The molecule has 16 heavy (non-hydrogen) atoms. The lowest BCUT2D eigenvalue weighted by atomic mass is 10.0. The molecular weight excluding hydrogens is 200 g/mol. The summed E-state index contributed by atoms with van der Waals surface area (Å²) >= 11 is 0. The van der Waals surface area contributed by atoms with Crippen LogP contribution in [0.4, 0.5) is 5.82 Å². The first-order valence-electron chi connectivity index (χ1n) is 6.13. The van der Waals surface area contributed by atoms with Gasteiger partial charge in [0.25, 0.3) is 0 Å². The van der Waals surface area contributed by atoms with Crippen LogP contribution in [0.5, 0.6) is 0 Å². The van der Waals surface area contributed by atoms with Gasteiger partial charge in [-0.2, -0.15) is 0 Å². The lowest BCUT2D eigenvalue weighted by Crippen LogP contribution is -2.26. The number of nitrogens with one attached hydrogen (secondary N) is 1. The molecule has 3 heterocycles. The fourth-order valence-corrected chi connectivity index (χ4v) is 2.79. The Hall–Kier alpha value is -1.16. The van der Waals surface area contributed by atoms with Crippen LogP contribution >= 0.6 is 0 Å². The van der Waals surface area contributed by atoms with Gasteiger partial charge >= 0.3 is 0 Å². The fraction of sp³-hybridized carbons (Fsp3) is 0.667. The molecule has 0 radical (unpaired) electrons. The molecule has 1 aromatic heterocycles. The van der Waals surface area contributed by atoms with E-state index in [0.717, 1.165) is 42.9 Å². The van der Waals surface area contributed by atoms with Gasteiger partial charge in [0.1, 0.15) is 12.1 Å². The number of hydrogen-bond acceptors (Lipinski definition) is 4. The van der Waals surface area contributed by atoms with E-state index in [0.29, 0.717) is 0 Å². The Morgan fingerprint density at radius 3 is 2.75 bits per heavy atom. The van der Waals surface area contributed by atoms with Crippen molar-refractivity contribution in [3.8, 4) is 0 Å². The summed E-state index contributed by atoms with van der Waals surface area (Å²) in [6, 6.07) is 2.13. The molecule has 0 aliphatic carbocycles. The second-order valence-electron chi connectivity index (χ2n) is 4.80. The predicted octanol–water partition coefficient (Wildman–Crippen LogP) is 0.695. The molecule has 1 N–H and O–H groups in total. The van der Waals surface area contributed by atoms with Gasteiger partial charge in [0.15, 0.2) is 0 Å². The zero-order chi connectivity index (χ0) is 11.0. The molecule has 86 valence electrons. The summed E-state index contributed by atoms with van der Waals surface area (Å²) in [6.07, 6.45) is 2.68. The van der Waals surface area contributed by atoms with Crippen LogP contribution in [-0.2, 0) is 6.42 Å².